The van der Waals surface area contributed by atoms with E-state index in [0.29, 0.717) is 5.56 Å². The van der Waals surface area contributed by atoms with Gasteiger partial charge in [-0.25, -0.2) is 9.59 Å². The molecule has 0 heterocycles. The lowest BCUT2D eigenvalue weighted by Crippen LogP contribution is -2.15. The molecule has 0 spiro atoms. The van der Waals surface area contributed by atoms with Crippen molar-refractivity contribution in [2.45, 2.75) is 12.7 Å². The Morgan fingerprint density at radius 3 is 2.10 bits per heavy atom. The van der Waals surface area contributed by atoms with Crippen LogP contribution in [0.5, 0.6) is 0 Å². The van der Waals surface area contributed by atoms with Crippen LogP contribution in [0.3, 0.4) is 0 Å². The van der Waals surface area contributed by atoms with Crippen molar-refractivity contribution < 1.29 is 24.5 Å². The molecule has 0 radical (unpaired) electrons. The summed E-state index contributed by atoms with van der Waals surface area (Å²) in [5.41, 5.74) is 1.38. The first-order chi connectivity index (χ1) is 10.1. The summed E-state index contributed by atoms with van der Waals surface area (Å²) in [6.07, 6.45) is -1.13. The summed E-state index contributed by atoms with van der Waals surface area (Å²) in [7, 11) is 0. The molecule has 0 fully saturated rings. The first kappa shape index (κ1) is 14.7. The molecule has 2 aromatic rings. The Labute approximate surface area is 121 Å². The minimum Gasteiger partial charge on any atom is -0.479 e. The monoisotopic (exact) mass is 286 g/mol. The van der Waals surface area contributed by atoms with E-state index >= 15 is 0 Å². The molecule has 2 N–H and O–H groups in total. The Bertz CT molecular complexity index is 619. The van der Waals surface area contributed by atoms with Crippen LogP contribution in [-0.4, -0.2) is 22.2 Å². The predicted octanol–water partition coefficient (Wildman–Crippen LogP) is 2.73. The van der Waals surface area contributed by atoms with Gasteiger partial charge in [-0.05, 0) is 23.3 Å². The van der Waals surface area contributed by atoms with Crippen LogP contribution in [0.4, 0.5) is 0 Å². The standard InChI is InChI=1S/C16H14O5/c17-15(18)13-8-6-12(7-9-13)14(16(19)20)21-10-11-4-2-1-3-5-11/h1-9,14H,10H2,(H,17,18)(H,19,20). The van der Waals surface area contributed by atoms with Crippen molar-refractivity contribution in [1.29, 1.82) is 0 Å². The quantitative estimate of drug-likeness (QED) is 0.853. The number of rotatable bonds is 6. The minimum absolute atomic E-state index is 0.103. The Hall–Kier alpha value is -2.66. The topological polar surface area (TPSA) is 83.8 Å². The van der Waals surface area contributed by atoms with Gasteiger partial charge >= 0.3 is 11.9 Å². The van der Waals surface area contributed by atoms with Crippen molar-refractivity contribution in [3.8, 4) is 0 Å². The van der Waals surface area contributed by atoms with Crippen molar-refractivity contribution in [2.24, 2.45) is 0 Å². The first-order valence-electron chi connectivity index (χ1n) is 6.29. The number of hydrogen-bond acceptors (Lipinski definition) is 3. The highest BCUT2D eigenvalue weighted by Gasteiger charge is 2.21. The number of carboxylic acid groups (broad SMARTS) is 2. The average molecular weight is 286 g/mol. The number of carbonyl (C=O) groups is 2. The maximum absolute atomic E-state index is 11.3. The number of benzene rings is 2. The fourth-order valence-corrected chi connectivity index (χ4v) is 1.86. The SMILES string of the molecule is O=C(O)c1ccc(C(OCc2ccccc2)C(=O)O)cc1. The number of hydrogen-bond donors (Lipinski definition) is 2. The fourth-order valence-electron chi connectivity index (χ4n) is 1.86. The zero-order chi connectivity index (χ0) is 15.2. The zero-order valence-corrected chi connectivity index (χ0v) is 11.1. The van der Waals surface area contributed by atoms with E-state index in [1.54, 1.807) is 0 Å². The van der Waals surface area contributed by atoms with Gasteiger partial charge in [-0.15, -0.1) is 0 Å². The highest BCUT2D eigenvalue weighted by molar-refractivity contribution is 5.87. The lowest BCUT2D eigenvalue weighted by Gasteiger charge is -2.14. The van der Waals surface area contributed by atoms with E-state index in [0.717, 1.165) is 5.56 Å². The molecule has 2 aromatic carbocycles. The highest BCUT2D eigenvalue weighted by atomic mass is 16.5. The molecule has 5 heteroatoms. The van der Waals surface area contributed by atoms with Gasteiger partial charge in [0.05, 0.1) is 12.2 Å². The Kier molecular flexibility index (Phi) is 4.68. The van der Waals surface area contributed by atoms with Gasteiger partial charge in [0.1, 0.15) is 0 Å². The molecule has 0 aromatic heterocycles. The van der Waals surface area contributed by atoms with E-state index in [1.807, 2.05) is 30.3 Å². The first-order valence-corrected chi connectivity index (χ1v) is 6.29. The van der Waals surface area contributed by atoms with Crippen LogP contribution < -0.4 is 0 Å². The Morgan fingerprint density at radius 1 is 0.952 bits per heavy atom. The summed E-state index contributed by atoms with van der Waals surface area (Å²) in [4.78, 5) is 22.1. The van der Waals surface area contributed by atoms with Gasteiger partial charge in [0.15, 0.2) is 6.10 Å². The molecular formula is C16H14O5. The van der Waals surface area contributed by atoms with Crippen LogP contribution >= 0.6 is 0 Å². The molecule has 0 aliphatic rings. The molecule has 21 heavy (non-hydrogen) atoms. The van der Waals surface area contributed by atoms with Gasteiger partial charge in [-0.3, -0.25) is 0 Å². The van der Waals surface area contributed by atoms with E-state index < -0.39 is 18.0 Å². The molecule has 1 atom stereocenters. The lowest BCUT2D eigenvalue weighted by atomic mass is 10.1. The second kappa shape index (κ2) is 6.67. The fraction of sp³-hybridized carbons (Fsp3) is 0.125. The molecular weight excluding hydrogens is 272 g/mol. The van der Waals surface area contributed by atoms with Crippen LogP contribution in [0.1, 0.15) is 27.6 Å². The summed E-state index contributed by atoms with van der Waals surface area (Å²) < 4.78 is 5.43. The number of aromatic carboxylic acids is 1. The number of carboxylic acids is 2. The van der Waals surface area contributed by atoms with Gasteiger partial charge in [-0.1, -0.05) is 42.5 Å². The van der Waals surface area contributed by atoms with Gasteiger partial charge in [0.25, 0.3) is 0 Å². The summed E-state index contributed by atoms with van der Waals surface area (Å²) >= 11 is 0. The van der Waals surface area contributed by atoms with Gasteiger partial charge in [0, 0.05) is 0 Å². The Balaban J connectivity index is 2.11. The van der Waals surface area contributed by atoms with Crippen molar-refractivity contribution in [1.82, 2.24) is 0 Å². The van der Waals surface area contributed by atoms with Crippen molar-refractivity contribution in [3.63, 3.8) is 0 Å². The van der Waals surface area contributed by atoms with Gasteiger partial charge in [0.2, 0.25) is 0 Å². The largest absolute Gasteiger partial charge is 0.479 e. The third-order valence-corrected chi connectivity index (χ3v) is 2.94. The second-order valence-corrected chi connectivity index (χ2v) is 4.44. The maximum atomic E-state index is 11.3. The van der Waals surface area contributed by atoms with E-state index in [1.165, 1.54) is 24.3 Å². The summed E-state index contributed by atoms with van der Waals surface area (Å²) in [6, 6.07) is 14.9. The predicted molar refractivity (Wildman–Crippen MR) is 75.0 cm³/mol. The third-order valence-electron chi connectivity index (χ3n) is 2.94. The normalized spacial score (nSPS) is 11.8. The van der Waals surface area contributed by atoms with Crippen LogP contribution in [0.15, 0.2) is 54.6 Å². The molecule has 2 rings (SSSR count). The van der Waals surface area contributed by atoms with E-state index in [4.69, 9.17) is 9.84 Å². The van der Waals surface area contributed by atoms with Crippen molar-refractivity contribution in [3.05, 3.63) is 71.3 Å². The van der Waals surface area contributed by atoms with Crippen molar-refractivity contribution >= 4 is 11.9 Å². The van der Waals surface area contributed by atoms with Crippen LogP contribution in [0, 0.1) is 0 Å². The number of ether oxygens (including phenoxy) is 1. The molecule has 108 valence electrons. The van der Waals surface area contributed by atoms with E-state index in [-0.39, 0.29) is 12.2 Å². The van der Waals surface area contributed by atoms with E-state index in [9.17, 15) is 14.7 Å². The second-order valence-electron chi connectivity index (χ2n) is 4.44. The maximum Gasteiger partial charge on any atom is 0.337 e. The number of aliphatic carboxylic acids is 1. The van der Waals surface area contributed by atoms with Gasteiger partial charge in [-0.2, -0.15) is 0 Å². The molecule has 0 bridgehead atoms. The van der Waals surface area contributed by atoms with Crippen LogP contribution in [0.25, 0.3) is 0 Å². The summed E-state index contributed by atoms with van der Waals surface area (Å²) in [5, 5.41) is 18.1. The molecule has 1 unspecified atom stereocenters. The average Bonchev–Trinajstić information content (AvgIpc) is 2.48. The smallest absolute Gasteiger partial charge is 0.337 e. The molecule has 0 amide bonds. The molecule has 0 aliphatic carbocycles. The summed E-state index contributed by atoms with van der Waals surface area (Å²) in [6.45, 7) is 0.165. The van der Waals surface area contributed by atoms with Crippen LogP contribution in [-0.2, 0) is 16.1 Å². The van der Waals surface area contributed by atoms with E-state index in [2.05, 4.69) is 0 Å². The molecule has 0 aliphatic heterocycles. The Morgan fingerprint density at radius 2 is 1.57 bits per heavy atom. The van der Waals surface area contributed by atoms with Crippen LogP contribution in [0.2, 0.25) is 0 Å². The minimum atomic E-state index is -1.13. The zero-order valence-electron chi connectivity index (χ0n) is 11.1. The highest BCUT2D eigenvalue weighted by Crippen LogP contribution is 2.20. The molecule has 0 saturated heterocycles. The molecule has 0 saturated carbocycles. The third kappa shape index (κ3) is 3.90. The lowest BCUT2D eigenvalue weighted by molar-refractivity contribution is -0.151. The summed E-state index contributed by atoms with van der Waals surface area (Å²) in [5.74, 6) is -2.17. The molecule has 5 nitrogen and oxygen atoms in total. The van der Waals surface area contributed by atoms with Crippen molar-refractivity contribution in [2.75, 3.05) is 0 Å². The van der Waals surface area contributed by atoms with Gasteiger partial charge < -0.3 is 14.9 Å².